The first kappa shape index (κ1) is 32.5. The van der Waals surface area contributed by atoms with Gasteiger partial charge in [-0.1, -0.05) is 121 Å². The number of hydrogen-bond acceptors (Lipinski definition) is 3. The number of aromatic nitrogens is 1. The van der Waals surface area contributed by atoms with E-state index in [1.165, 1.54) is 56.5 Å². The van der Waals surface area contributed by atoms with Crippen LogP contribution in [0.2, 0.25) is 0 Å². The van der Waals surface area contributed by atoms with Crippen molar-refractivity contribution in [1.29, 1.82) is 5.41 Å². The molecule has 0 atom stereocenters. The molecule has 2 heterocycles. The molecule has 1 aliphatic rings. The van der Waals surface area contributed by atoms with E-state index in [-0.39, 0.29) is 0 Å². The van der Waals surface area contributed by atoms with Gasteiger partial charge >= 0.3 is 0 Å². The van der Waals surface area contributed by atoms with Crippen LogP contribution < -0.4 is 10.2 Å². The lowest BCUT2D eigenvalue weighted by Gasteiger charge is -2.22. The van der Waals surface area contributed by atoms with Crippen LogP contribution in [0.15, 0.2) is 188 Å². The van der Waals surface area contributed by atoms with Gasteiger partial charge < -0.3 is 20.2 Å². The summed E-state index contributed by atoms with van der Waals surface area (Å²) < 4.78 is 2.31. The molecule has 9 aromatic rings. The Bertz CT molecular complexity index is 2780. The summed E-state index contributed by atoms with van der Waals surface area (Å²) in [5, 5.41) is 14.5. The molecule has 8 aromatic carbocycles. The van der Waals surface area contributed by atoms with E-state index < -0.39 is 0 Å². The molecule has 0 spiro atoms. The van der Waals surface area contributed by atoms with Crippen molar-refractivity contribution in [3.63, 3.8) is 0 Å². The quantitative estimate of drug-likeness (QED) is 0.155. The van der Waals surface area contributed by atoms with E-state index in [1.807, 2.05) is 24.3 Å². The van der Waals surface area contributed by atoms with Crippen LogP contribution in [0.25, 0.3) is 60.9 Å². The predicted molar refractivity (Wildman–Crippen MR) is 232 cm³/mol. The maximum atomic E-state index is 8.64. The molecule has 0 saturated heterocycles. The first-order valence-corrected chi connectivity index (χ1v) is 18.9. The third-order valence-electron chi connectivity index (χ3n) is 10.9. The highest BCUT2D eigenvalue weighted by Gasteiger charge is 2.23. The minimum atomic E-state index is 0.851. The smallest absolute Gasteiger partial charge is 0.0649 e. The zero-order valence-electron chi connectivity index (χ0n) is 30.3. The van der Waals surface area contributed by atoms with Gasteiger partial charge in [0, 0.05) is 57.5 Å². The number of anilines is 4. The zero-order valence-corrected chi connectivity index (χ0v) is 30.3. The first-order valence-electron chi connectivity index (χ1n) is 18.9. The third-order valence-corrected chi connectivity index (χ3v) is 10.9. The standard InChI is InChI=1S/C51H38N4/c52-34-47-48(53-42-17-9-3-10-18-42)25-24-45-46-32-38(23-26-49(46)55(51(45)47)43-19-11-4-12-20-43)39-22-21-37-27-28-54(50(37)33-39)44-30-40(35-13-5-1-6-14-35)29-41(31-44)36-15-7-2-8-16-36/h1-26,29-34,52-53H,27-28H2. The molecule has 1 aromatic heterocycles. The highest BCUT2D eigenvalue weighted by molar-refractivity contribution is 6.17. The number of hydrogen-bond donors (Lipinski definition) is 2. The van der Waals surface area contributed by atoms with Crippen molar-refractivity contribution in [2.45, 2.75) is 6.42 Å². The normalized spacial score (nSPS) is 12.3. The number of rotatable bonds is 8. The average Bonchev–Trinajstić information content (AvgIpc) is 3.83. The number of para-hydroxylation sites is 2. The lowest BCUT2D eigenvalue weighted by atomic mass is 9.97. The highest BCUT2D eigenvalue weighted by Crippen LogP contribution is 2.43. The van der Waals surface area contributed by atoms with Crippen molar-refractivity contribution >= 4 is 50.8 Å². The van der Waals surface area contributed by atoms with Crippen LogP contribution in [0.3, 0.4) is 0 Å². The van der Waals surface area contributed by atoms with Crippen LogP contribution in [0.1, 0.15) is 11.1 Å². The summed E-state index contributed by atoms with van der Waals surface area (Å²) in [5.41, 5.74) is 17.0. The van der Waals surface area contributed by atoms with Crippen molar-refractivity contribution in [3.8, 4) is 39.1 Å². The van der Waals surface area contributed by atoms with Gasteiger partial charge in [0.25, 0.3) is 0 Å². The van der Waals surface area contributed by atoms with E-state index in [1.54, 1.807) is 0 Å². The van der Waals surface area contributed by atoms with Gasteiger partial charge in [-0.2, -0.15) is 0 Å². The Kier molecular flexibility index (Phi) is 8.07. The van der Waals surface area contributed by atoms with Crippen LogP contribution in [-0.2, 0) is 6.42 Å². The lowest BCUT2D eigenvalue weighted by Crippen LogP contribution is -2.13. The van der Waals surface area contributed by atoms with Gasteiger partial charge in [0.05, 0.1) is 11.0 Å². The van der Waals surface area contributed by atoms with Crippen molar-refractivity contribution in [3.05, 3.63) is 199 Å². The third kappa shape index (κ3) is 5.85. The molecule has 2 N–H and O–H groups in total. The van der Waals surface area contributed by atoms with Gasteiger partial charge in [-0.15, -0.1) is 0 Å². The maximum Gasteiger partial charge on any atom is 0.0649 e. The van der Waals surface area contributed by atoms with Gasteiger partial charge in [-0.25, -0.2) is 0 Å². The minimum absolute atomic E-state index is 0.851. The van der Waals surface area contributed by atoms with Gasteiger partial charge in [0.2, 0.25) is 0 Å². The zero-order chi connectivity index (χ0) is 36.7. The number of benzene rings is 8. The Morgan fingerprint density at radius 2 is 1.11 bits per heavy atom. The number of fused-ring (bicyclic) bond motifs is 4. The summed E-state index contributed by atoms with van der Waals surface area (Å²) in [7, 11) is 0. The highest BCUT2D eigenvalue weighted by atomic mass is 15.2. The Hall–Kier alpha value is -7.17. The van der Waals surface area contributed by atoms with Crippen LogP contribution >= 0.6 is 0 Å². The molecule has 0 fully saturated rings. The second-order valence-corrected chi connectivity index (χ2v) is 14.2. The Morgan fingerprint density at radius 3 is 1.78 bits per heavy atom. The molecule has 0 bridgehead atoms. The Labute approximate surface area is 321 Å². The van der Waals surface area contributed by atoms with Crippen LogP contribution in [0, 0.1) is 5.41 Å². The van der Waals surface area contributed by atoms with Gasteiger partial charge in [0.1, 0.15) is 0 Å². The van der Waals surface area contributed by atoms with Crippen molar-refractivity contribution in [2.75, 3.05) is 16.8 Å². The van der Waals surface area contributed by atoms with Crippen LogP contribution in [0.4, 0.5) is 22.7 Å². The molecule has 4 heteroatoms. The average molecular weight is 707 g/mol. The topological polar surface area (TPSA) is 44.1 Å². The molecular weight excluding hydrogens is 669 g/mol. The maximum absolute atomic E-state index is 8.64. The van der Waals surface area contributed by atoms with Crippen LogP contribution in [-0.4, -0.2) is 17.3 Å². The summed E-state index contributed by atoms with van der Waals surface area (Å²) in [5.74, 6) is 0. The summed E-state index contributed by atoms with van der Waals surface area (Å²) in [6.07, 6.45) is 2.49. The number of nitrogens with one attached hydrogen (secondary N) is 2. The van der Waals surface area contributed by atoms with E-state index in [4.69, 9.17) is 5.41 Å². The van der Waals surface area contributed by atoms with Crippen molar-refractivity contribution in [2.24, 2.45) is 0 Å². The van der Waals surface area contributed by atoms with Gasteiger partial charge in [-0.3, -0.25) is 0 Å². The summed E-state index contributed by atoms with van der Waals surface area (Å²) in [4.78, 5) is 2.50. The van der Waals surface area contributed by atoms with E-state index in [9.17, 15) is 0 Å². The molecule has 1 aliphatic heterocycles. The Morgan fingerprint density at radius 1 is 0.491 bits per heavy atom. The largest absolute Gasteiger partial charge is 0.355 e. The fourth-order valence-corrected chi connectivity index (χ4v) is 8.28. The molecule has 0 saturated carbocycles. The van der Waals surface area contributed by atoms with Crippen molar-refractivity contribution in [1.82, 2.24) is 4.57 Å². The molecule has 262 valence electrons. The van der Waals surface area contributed by atoms with Gasteiger partial charge in [0.15, 0.2) is 0 Å². The summed E-state index contributed by atoms with van der Waals surface area (Å²) >= 11 is 0. The fraction of sp³-hybridized carbons (Fsp3) is 0.0392. The van der Waals surface area contributed by atoms with E-state index in [0.29, 0.717) is 0 Å². The molecule has 4 nitrogen and oxygen atoms in total. The second-order valence-electron chi connectivity index (χ2n) is 14.2. The number of nitrogens with zero attached hydrogens (tertiary/aromatic N) is 2. The Balaban J connectivity index is 1.10. The monoisotopic (exact) mass is 706 g/mol. The minimum Gasteiger partial charge on any atom is -0.355 e. The van der Waals surface area contributed by atoms with E-state index in [0.717, 1.165) is 57.4 Å². The summed E-state index contributed by atoms with van der Waals surface area (Å²) in [6, 6.07) is 67.1. The SMILES string of the molecule is N=Cc1c(Nc2ccccc2)ccc2c3cc(-c4ccc5c(c4)N(c4cc(-c6ccccc6)cc(-c6ccccc6)c4)CC5)ccc3n(-c3ccccc3)c12. The fourth-order valence-electron chi connectivity index (χ4n) is 8.28. The van der Waals surface area contributed by atoms with E-state index in [2.05, 4.69) is 179 Å². The molecule has 55 heavy (non-hydrogen) atoms. The van der Waals surface area contributed by atoms with Gasteiger partial charge in [-0.05, 0) is 112 Å². The molecular formula is C51H38N4. The lowest BCUT2D eigenvalue weighted by molar-refractivity contribution is 0.999. The van der Waals surface area contributed by atoms with Crippen molar-refractivity contribution < 1.29 is 0 Å². The second kappa shape index (κ2) is 13.7. The first-order chi connectivity index (χ1) is 27.2. The summed E-state index contributed by atoms with van der Waals surface area (Å²) in [6.45, 7) is 0.931. The molecule has 0 unspecified atom stereocenters. The molecule has 0 aliphatic carbocycles. The molecule has 0 amide bonds. The predicted octanol–water partition coefficient (Wildman–Crippen LogP) is 13.2. The van der Waals surface area contributed by atoms with E-state index >= 15 is 0 Å². The molecule has 0 radical (unpaired) electrons. The molecule has 10 rings (SSSR count). The van der Waals surface area contributed by atoms with Crippen LogP contribution in [0.5, 0.6) is 0 Å².